The van der Waals surface area contributed by atoms with Gasteiger partial charge in [-0.3, -0.25) is 4.79 Å². The molecule has 0 aliphatic carbocycles. The van der Waals surface area contributed by atoms with Crippen molar-refractivity contribution < 1.29 is 9.59 Å². The number of nitrogens with zero attached hydrogens (tertiary/aromatic N) is 2. The number of rotatable bonds is 6. The van der Waals surface area contributed by atoms with Crippen LogP contribution in [0.5, 0.6) is 0 Å². The molecular weight excluding hydrogens is 414 g/mol. The third kappa shape index (κ3) is 5.90. The van der Waals surface area contributed by atoms with E-state index in [1.807, 2.05) is 48.5 Å². The van der Waals surface area contributed by atoms with Crippen LogP contribution in [0.25, 0.3) is 0 Å². The molecule has 3 amide bonds. The average molecular weight is 444 g/mol. The lowest BCUT2D eigenvalue weighted by Crippen LogP contribution is -2.46. The first-order valence-corrected chi connectivity index (χ1v) is 11.2. The molecule has 1 fully saturated rings. The van der Waals surface area contributed by atoms with Crippen molar-refractivity contribution >= 4 is 34.7 Å². The van der Waals surface area contributed by atoms with Gasteiger partial charge in [-0.15, -0.1) is 0 Å². The minimum Gasteiger partial charge on any atom is -0.367 e. The van der Waals surface area contributed by atoms with Gasteiger partial charge in [0, 0.05) is 43.1 Å². The predicted molar refractivity (Wildman–Crippen MR) is 134 cm³/mol. The second-order valence-corrected chi connectivity index (χ2v) is 7.92. The van der Waals surface area contributed by atoms with Gasteiger partial charge in [0.25, 0.3) is 5.91 Å². The molecule has 3 aromatic carbocycles. The standard InChI is InChI=1S/C26H29N5O2/c1-2-30-16-18-31(19-17-30)24-11-7-6-10-23(24)29-25(32)20-12-14-22(15-13-20)28-26(33)27-21-8-4-3-5-9-21/h3-15H,2,16-19H2,1H3,(H,29,32)(H2,27,28,33). The Kier molecular flexibility index (Phi) is 7.22. The summed E-state index contributed by atoms with van der Waals surface area (Å²) in [5.74, 6) is -0.185. The van der Waals surface area contributed by atoms with E-state index in [1.165, 1.54) is 0 Å². The molecule has 1 aliphatic rings. The fourth-order valence-electron chi connectivity index (χ4n) is 3.87. The molecule has 4 rings (SSSR count). The van der Waals surface area contributed by atoms with Gasteiger partial charge in [0.1, 0.15) is 0 Å². The highest BCUT2D eigenvalue weighted by Crippen LogP contribution is 2.27. The largest absolute Gasteiger partial charge is 0.367 e. The van der Waals surface area contributed by atoms with Gasteiger partial charge in [-0.1, -0.05) is 37.3 Å². The smallest absolute Gasteiger partial charge is 0.323 e. The zero-order chi connectivity index (χ0) is 23.0. The van der Waals surface area contributed by atoms with Crippen molar-refractivity contribution in [3.63, 3.8) is 0 Å². The summed E-state index contributed by atoms with van der Waals surface area (Å²) < 4.78 is 0. The number of hydrogen-bond acceptors (Lipinski definition) is 4. The number of urea groups is 1. The molecule has 7 nitrogen and oxygen atoms in total. The summed E-state index contributed by atoms with van der Waals surface area (Å²) in [6.07, 6.45) is 0. The molecule has 0 atom stereocenters. The fourth-order valence-corrected chi connectivity index (χ4v) is 3.87. The highest BCUT2D eigenvalue weighted by molar-refractivity contribution is 6.06. The van der Waals surface area contributed by atoms with Crippen LogP contribution in [0.3, 0.4) is 0 Å². The van der Waals surface area contributed by atoms with E-state index in [1.54, 1.807) is 24.3 Å². The van der Waals surface area contributed by atoms with E-state index in [-0.39, 0.29) is 11.9 Å². The van der Waals surface area contributed by atoms with Gasteiger partial charge in [0.2, 0.25) is 0 Å². The quantitative estimate of drug-likeness (QED) is 0.515. The maximum atomic E-state index is 12.9. The minimum atomic E-state index is -0.338. The molecule has 1 saturated heterocycles. The van der Waals surface area contributed by atoms with Crippen molar-refractivity contribution in [3.05, 3.63) is 84.4 Å². The number of para-hydroxylation sites is 3. The van der Waals surface area contributed by atoms with Crippen LogP contribution >= 0.6 is 0 Å². The van der Waals surface area contributed by atoms with Crippen molar-refractivity contribution in [2.45, 2.75) is 6.92 Å². The van der Waals surface area contributed by atoms with Crippen LogP contribution < -0.4 is 20.9 Å². The zero-order valence-electron chi connectivity index (χ0n) is 18.8. The summed E-state index contributed by atoms with van der Waals surface area (Å²) in [6.45, 7) is 7.15. The van der Waals surface area contributed by atoms with E-state index in [2.05, 4.69) is 38.7 Å². The van der Waals surface area contributed by atoms with Crippen LogP contribution in [0, 0.1) is 0 Å². The topological polar surface area (TPSA) is 76.7 Å². The molecule has 1 aliphatic heterocycles. The zero-order valence-corrected chi connectivity index (χ0v) is 18.8. The molecule has 0 aromatic heterocycles. The van der Waals surface area contributed by atoms with E-state index in [0.29, 0.717) is 16.9 Å². The van der Waals surface area contributed by atoms with Crippen molar-refractivity contribution in [1.29, 1.82) is 0 Å². The van der Waals surface area contributed by atoms with E-state index in [4.69, 9.17) is 0 Å². The van der Waals surface area contributed by atoms with Gasteiger partial charge >= 0.3 is 6.03 Å². The molecule has 0 unspecified atom stereocenters. The molecule has 1 heterocycles. The van der Waals surface area contributed by atoms with E-state index >= 15 is 0 Å². The summed E-state index contributed by atoms with van der Waals surface area (Å²) in [7, 11) is 0. The summed E-state index contributed by atoms with van der Waals surface area (Å²) in [5, 5.41) is 8.59. The SMILES string of the molecule is CCN1CCN(c2ccccc2NC(=O)c2ccc(NC(=O)Nc3ccccc3)cc2)CC1. The Labute approximate surface area is 194 Å². The van der Waals surface area contributed by atoms with Gasteiger partial charge in [-0.25, -0.2) is 4.79 Å². The Balaban J connectivity index is 1.37. The number of carbonyl (C=O) groups excluding carboxylic acids is 2. The lowest BCUT2D eigenvalue weighted by Gasteiger charge is -2.36. The van der Waals surface area contributed by atoms with Crippen LogP contribution in [0.4, 0.5) is 27.5 Å². The Morgan fingerprint density at radius 3 is 2.00 bits per heavy atom. The van der Waals surface area contributed by atoms with Gasteiger partial charge in [-0.05, 0) is 55.1 Å². The Bertz CT molecular complexity index is 1080. The maximum absolute atomic E-state index is 12.9. The molecule has 170 valence electrons. The summed E-state index contributed by atoms with van der Waals surface area (Å²) in [4.78, 5) is 29.8. The van der Waals surface area contributed by atoms with Crippen LogP contribution in [0.2, 0.25) is 0 Å². The van der Waals surface area contributed by atoms with E-state index < -0.39 is 0 Å². The van der Waals surface area contributed by atoms with Gasteiger partial charge in [-0.2, -0.15) is 0 Å². The van der Waals surface area contributed by atoms with E-state index in [0.717, 1.165) is 44.1 Å². The first kappa shape index (κ1) is 22.4. The third-order valence-corrected chi connectivity index (χ3v) is 5.75. The van der Waals surface area contributed by atoms with Crippen molar-refractivity contribution in [2.24, 2.45) is 0 Å². The molecule has 7 heteroatoms. The van der Waals surface area contributed by atoms with Crippen LogP contribution in [-0.2, 0) is 0 Å². The van der Waals surface area contributed by atoms with Gasteiger partial charge in [0.15, 0.2) is 0 Å². The lowest BCUT2D eigenvalue weighted by atomic mass is 10.1. The summed E-state index contributed by atoms with van der Waals surface area (Å²) in [6, 6.07) is 23.6. The Morgan fingerprint density at radius 1 is 0.727 bits per heavy atom. The summed E-state index contributed by atoms with van der Waals surface area (Å²) in [5.41, 5.74) is 3.68. The molecule has 0 spiro atoms. The van der Waals surface area contributed by atoms with E-state index in [9.17, 15) is 9.59 Å². The average Bonchev–Trinajstić information content (AvgIpc) is 2.85. The second-order valence-electron chi connectivity index (χ2n) is 7.92. The first-order chi connectivity index (χ1) is 16.1. The third-order valence-electron chi connectivity index (χ3n) is 5.75. The number of amides is 3. The fraction of sp³-hybridized carbons (Fsp3) is 0.231. The van der Waals surface area contributed by atoms with Crippen molar-refractivity contribution in [3.8, 4) is 0 Å². The Hall–Kier alpha value is -3.84. The maximum Gasteiger partial charge on any atom is 0.323 e. The predicted octanol–water partition coefficient (Wildman–Crippen LogP) is 4.72. The molecule has 3 aromatic rings. The lowest BCUT2D eigenvalue weighted by molar-refractivity contribution is 0.102. The molecular formula is C26H29N5O2. The number of carbonyl (C=O) groups is 2. The van der Waals surface area contributed by atoms with Crippen LogP contribution in [0.15, 0.2) is 78.9 Å². The highest BCUT2D eigenvalue weighted by atomic mass is 16.2. The highest BCUT2D eigenvalue weighted by Gasteiger charge is 2.19. The van der Waals surface area contributed by atoms with Crippen LogP contribution in [-0.4, -0.2) is 49.6 Å². The number of nitrogens with one attached hydrogen (secondary N) is 3. The van der Waals surface area contributed by atoms with Crippen LogP contribution in [0.1, 0.15) is 17.3 Å². The van der Waals surface area contributed by atoms with Crippen molar-refractivity contribution in [2.75, 3.05) is 53.6 Å². The number of hydrogen-bond donors (Lipinski definition) is 3. The molecule has 3 N–H and O–H groups in total. The number of piperazine rings is 1. The van der Waals surface area contributed by atoms with Crippen molar-refractivity contribution in [1.82, 2.24) is 4.90 Å². The molecule has 0 radical (unpaired) electrons. The van der Waals surface area contributed by atoms with Gasteiger partial charge in [0.05, 0.1) is 11.4 Å². The normalized spacial score (nSPS) is 13.9. The number of likely N-dealkylation sites (N-methyl/N-ethyl adjacent to an activating group) is 1. The van der Waals surface area contributed by atoms with Gasteiger partial charge < -0.3 is 25.8 Å². The first-order valence-electron chi connectivity index (χ1n) is 11.2. The Morgan fingerprint density at radius 2 is 1.33 bits per heavy atom. The number of benzene rings is 3. The molecule has 0 saturated carbocycles. The monoisotopic (exact) mass is 443 g/mol. The molecule has 33 heavy (non-hydrogen) atoms. The number of anilines is 4. The minimum absolute atomic E-state index is 0.185. The molecule has 0 bridgehead atoms. The summed E-state index contributed by atoms with van der Waals surface area (Å²) >= 11 is 0. The second kappa shape index (κ2) is 10.7.